The molecule has 0 saturated heterocycles. The number of nitrogens with zero attached hydrogens (tertiary/aromatic N) is 4. The van der Waals surface area contributed by atoms with E-state index in [0.717, 1.165) is 51.8 Å². The number of aromatic nitrogens is 2. The Kier molecular flexibility index (Phi) is 5.41. The van der Waals surface area contributed by atoms with Gasteiger partial charge < -0.3 is 10.2 Å². The maximum atomic E-state index is 10.9. The summed E-state index contributed by atoms with van der Waals surface area (Å²) in [5, 5.41) is 19.8. The molecule has 8 nitrogen and oxygen atoms in total. The number of hydrogen-bond acceptors (Lipinski definition) is 8. The van der Waals surface area contributed by atoms with E-state index in [1.54, 1.807) is 23.5 Å². The van der Waals surface area contributed by atoms with Crippen molar-refractivity contribution in [1.29, 1.82) is 0 Å². The lowest BCUT2D eigenvalue weighted by Crippen LogP contribution is -2.03. The first-order chi connectivity index (χ1) is 17.0. The Labute approximate surface area is 205 Å². The fraction of sp³-hybridized carbons (Fsp3) is 0.269. The zero-order chi connectivity index (χ0) is 23.9. The van der Waals surface area contributed by atoms with Crippen LogP contribution in [0.15, 0.2) is 53.7 Å². The monoisotopic (exact) mass is 485 g/mol. The van der Waals surface area contributed by atoms with Crippen molar-refractivity contribution in [3.8, 4) is 0 Å². The number of fused-ring (bicyclic) bond motifs is 3. The van der Waals surface area contributed by atoms with Crippen molar-refractivity contribution in [3.63, 3.8) is 0 Å². The number of aryl methyl sites for hydroxylation is 3. The minimum absolute atomic E-state index is 0.0649. The number of anilines is 2. The molecule has 0 fully saturated rings. The maximum Gasteiger partial charge on any atom is 0.269 e. The van der Waals surface area contributed by atoms with E-state index in [2.05, 4.69) is 10.5 Å². The van der Waals surface area contributed by atoms with Crippen LogP contribution in [0.5, 0.6) is 0 Å². The highest BCUT2D eigenvalue weighted by atomic mass is 32.1. The molecule has 6 rings (SSSR count). The molecule has 0 radical (unpaired) electrons. The molecule has 1 N–H and O–H groups in total. The third kappa shape index (κ3) is 4.12. The van der Waals surface area contributed by atoms with Crippen LogP contribution in [0.1, 0.15) is 52.8 Å². The van der Waals surface area contributed by atoms with Crippen molar-refractivity contribution in [1.82, 2.24) is 9.97 Å². The summed E-state index contributed by atoms with van der Waals surface area (Å²) < 4.78 is 0. The van der Waals surface area contributed by atoms with Crippen molar-refractivity contribution < 1.29 is 9.76 Å². The molecule has 2 aromatic carbocycles. The molecule has 4 aromatic rings. The number of rotatable bonds is 5. The highest BCUT2D eigenvalue weighted by Gasteiger charge is 2.25. The van der Waals surface area contributed by atoms with E-state index in [1.165, 1.54) is 40.8 Å². The van der Waals surface area contributed by atoms with Gasteiger partial charge in [-0.3, -0.25) is 10.1 Å². The minimum Gasteiger partial charge on any atom is -0.387 e. The molecule has 0 bridgehead atoms. The number of thiophene rings is 1. The second-order valence-corrected chi connectivity index (χ2v) is 9.98. The first-order valence-corrected chi connectivity index (χ1v) is 12.5. The lowest BCUT2D eigenvalue weighted by Gasteiger charge is -2.13. The summed E-state index contributed by atoms with van der Waals surface area (Å²) in [6.07, 6.45) is 5.04. The first-order valence-electron chi connectivity index (χ1n) is 11.7. The molecule has 0 saturated carbocycles. The fourth-order valence-corrected chi connectivity index (χ4v) is 6.08. The number of nitrogens with one attached hydrogen (secondary N) is 1. The normalized spacial score (nSPS) is 17.1. The average molecular weight is 486 g/mol. The van der Waals surface area contributed by atoms with E-state index in [9.17, 15) is 10.1 Å². The number of benzene rings is 2. The van der Waals surface area contributed by atoms with Crippen LogP contribution in [0.3, 0.4) is 0 Å². The summed E-state index contributed by atoms with van der Waals surface area (Å²) >= 11 is 1.80. The van der Waals surface area contributed by atoms with Crippen LogP contribution in [0.4, 0.5) is 17.2 Å². The van der Waals surface area contributed by atoms with E-state index >= 15 is 0 Å². The topological polar surface area (TPSA) is 103 Å². The van der Waals surface area contributed by atoms with Gasteiger partial charge in [0.05, 0.1) is 16.0 Å². The standard InChI is InChI=1S/C26H23N5O3S/c1-15-27-25(24-20-4-2-3-5-23(20)35-26(24)28-15)29-18-10-6-16(7-11-18)21-14-22(34-30-21)17-8-12-19(13-9-17)31(32)33/h6-13,22H,2-5,14H2,1H3,(H,27,28,29). The summed E-state index contributed by atoms with van der Waals surface area (Å²) in [5.41, 5.74) is 5.13. The van der Waals surface area contributed by atoms with Crippen LogP contribution in [-0.4, -0.2) is 20.6 Å². The van der Waals surface area contributed by atoms with Crippen LogP contribution < -0.4 is 5.32 Å². The molecule has 35 heavy (non-hydrogen) atoms. The second kappa shape index (κ2) is 8.74. The summed E-state index contributed by atoms with van der Waals surface area (Å²) in [5.74, 6) is 1.64. The van der Waals surface area contributed by atoms with E-state index in [1.807, 2.05) is 31.2 Å². The molecule has 0 amide bonds. The third-order valence-corrected chi connectivity index (χ3v) is 7.74. The molecule has 1 atom stereocenters. The Hall–Kier alpha value is -3.85. The van der Waals surface area contributed by atoms with Gasteiger partial charge in [-0.05, 0) is 73.6 Å². The van der Waals surface area contributed by atoms with Crippen LogP contribution in [0.25, 0.3) is 10.2 Å². The van der Waals surface area contributed by atoms with Gasteiger partial charge in [0.15, 0.2) is 6.10 Å². The minimum atomic E-state index is -0.405. The molecular formula is C26H23N5O3S. The van der Waals surface area contributed by atoms with Crippen molar-refractivity contribution in [3.05, 3.63) is 86.0 Å². The van der Waals surface area contributed by atoms with Gasteiger partial charge in [0.1, 0.15) is 16.5 Å². The van der Waals surface area contributed by atoms with Gasteiger partial charge >= 0.3 is 0 Å². The summed E-state index contributed by atoms with van der Waals surface area (Å²) in [4.78, 5) is 28.1. The smallest absolute Gasteiger partial charge is 0.269 e. The zero-order valence-electron chi connectivity index (χ0n) is 19.2. The molecule has 1 aliphatic heterocycles. The van der Waals surface area contributed by atoms with Gasteiger partial charge in [-0.25, -0.2) is 9.97 Å². The van der Waals surface area contributed by atoms with E-state index in [4.69, 9.17) is 14.8 Å². The van der Waals surface area contributed by atoms with Gasteiger partial charge in [-0.2, -0.15) is 0 Å². The molecule has 1 aliphatic carbocycles. The Balaban J connectivity index is 1.20. The van der Waals surface area contributed by atoms with Crippen LogP contribution >= 0.6 is 11.3 Å². The van der Waals surface area contributed by atoms with Crippen molar-refractivity contribution in [2.75, 3.05) is 5.32 Å². The Morgan fingerprint density at radius 3 is 2.60 bits per heavy atom. The number of nitro groups is 1. The molecule has 2 aliphatic rings. The highest BCUT2D eigenvalue weighted by molar-refractivity contribution is 7.19. The van der Waals surface area contributed by atoms with Gasteiger partial charge in [-0.1, -0.05) is 17.3 Å². The third-order valence-electron chi connectivity index (χ3n) is 6.55. The summed E-state index contributed by atoms with van der Waals surface area (Å²) in [6.45, 7) is 1.94. The summed E-state index contributed by atoms with van der Waals surface area (Å²) in [7, 11) is 0. The Bertz CT molecular complexity index is 1460. The van der Waals surface area contributed by atoms with Crippen molar-refractivity contribution in [2.24, 2.45) is 5.16 Å². The maximum absolute atomic E-state index is 10.9. The van der Waals surface area contributed by atoms with Gasteiger partial charge in [-0.15, -0.1) is 11.3 Å². The van der Waals surface area contributed by atoms with Gasteiger partial charge in [0.2, 0.25) is 0 Å². The molecule has 176 valence electrons. The highest BCUT2D eigenvalue weighted by Crippen LogP contribution is 2.39. The molecule has 1 unspecified atom stereocenters. The number of hydrogen-bond donors (Lipinski definition) is 1. The predicted octanol–water partition coefficient (Wildman–Crippen LogP) is 6.40. The molecule has 3 heterocycles. The Morgan fingerprint density at radius 2 is 1.83 bits per heavy atom. The number of non-ortho nitro benzene ring substituents is 1. The predicted molar refractivity (Wildman–Crippen MR) is 137 cm³/mol. The molecular weight excluding hydrogens is 462 g/mol. The summed E-state index contributed by atoms with van der Waals surface area (Å²) in [6, 6.07) is 14.5. The van der Waals surface area contributed by atoms with E-state index in [-0.39, 0.29) is 11.8 Å². The molecule has 9 heteroatoms. The number of oxime groups is 1. The second-order valence-electron chi connectivity index (χ2n) is 8.90. The average Bonchev–Trinajstić information content (AvgIpc) is 3.49. The first kappa shape index (κ1) is 21.7. The van der Waals surface area contributed by atoms with Crippen molar-refractivity contribution in [2.45, 2.75) is 45.1 Å². The molecule has 2 aromatic heterocycles. The SMILES string of the molecule is Cc1nc(Nc2ccc(C3=NOC(c4ccc([N+](=O)[O-])cc4)C3)cc2)c2c3c(sc2n1)CCCC3. The van der Waals surface area contributed by atoms with Crippen LogP contribution in [0.2, 0.25) is 0 Å². The van der Waals surface area contributed by atoms with E-state index in [0.29, 0.717) is 6.42 Å². The quantitative estimate of drug-likeness (QED) is 0.259. The lowest BCUT2D eigenvalue weighted by atomic mass is 9.97. The Morgan fingerprint density at radius 1 is 1.06 bits per heavy atom. The van der Waals surface area contributed by atoms with Crippen LogP contribution in [0, 0.1) is 17.0 Å². The molecule has 0 spiro atoms. The van der Waals surface area contributed by atoms with Crippen molar-refractivity contribution >= 4 is 44.5 Å². The lowest BCUT2D eigenvalue weighted by molar-refractivity contribution is -0.384. The fourth-order valence-electron chi connectivity index (χ4n) is 4.77. The largest absolute Gasteiger partial charge is 0.387 e. The van der Waals surface area contributed by atoms with Gasteiger partial charge in [0.25, 0.3) is 5.69 Å². The number of nitro benzene ring substituents is 1. The van der Waals surface area contributed by atoms with Gasteiger partial charge in [0, 0.05) is 29.1 Å². The van der Waals surface area contributed by atoms with Crippen LogP contribution in [-0.2, 0) is 17.7 Å². The van der Waals surface area contributed by atoms with E-state index < -0.39 is 4.92 Å². The zero-order valence-corrected chi connectivity index (χ0v) is 20.0.